The Morgan fingerprint density at radius 2 is 1.84 bits per heavy atom. The standard InChI is InChI=1S/C25H33N3O3/c29-18-13-22-6-2-4-15-28(22)25(30)20-7-9-23(10-8-20)31-24-11-16-27(17-12-24)19-21-5-1-3-14-26-21/h1,3,5,7-10,14,22,24,29H,2,4,6,11-13,15-19H2/t22-/m1/s1. The average molecular weight is 424 g/mol. The van der Waals surface area contributed by atoms with E-state index in [1.807, 2.05) is 47.5 Å². The van der Waals surface area contributed by atoms with Gasteiger partial charge in [-0.15, -0.1) is 0 Å². The van der Waals surface area contributed by atoms with Crippen molar-refractivity contribution in [2.45, 2.75) is 57.2 Å². The van der Waals surface area contributed by atoms with Crippen molar-refractivity contribution in [1.29, 1.82) is 0 Å². The Labute approximate surface area is 184 Å². The summed E-state index contributed by atoms with van der Waals surface area (Å²) in [6, 6.07) is 13.8. The molecule has 1 aromatic carbocycles. The Hall–Kier alpha value is -2.44. The van der Waals surface area contributed by atoms with E-state index in [0.717, 1.165) is 69.7 Å². The number of hydrogen-bond acceptors (Lipinski definition) is 5. The van der Waals surface area contributed by atoms with Gasteiger partial charge in [-0.1, -0.05) is 6.07 Å². The molecule has 31 heavy (non-hydrogen) atoms. The predicted octanol–water partition coefficient (Wildman–Crippen LogP) is 3.50. The highest BCUT2D eigenvalue weighted by molar-refractivity contribution is 5.94. The highest BCUT2D eigenvalue weighted by Crippen LogP contribution is 2.24. The van der Waals surface area contributed by atoms with Crippen LogP contribution in [0.4, 0.5) is 0 Å². The van der Waals surface area contributed by atoms with Crippen LogP contribution in [0, 0.1) is 0 Å². The van der Waals surface area contributed by atoms with Crippen LogP contribution in [0.2, 0.25) is 0 Å². The Bertz CT molecular complexity index is 818. The molecule has 2 aliphatic rings. The molecule has 4 rings (SSSR count). The topological polar surface area (TPSA) is 65.9 Å². The third-order valence-electron chi connectivity index (χ3n) is 6.40. The minimum Gasteiger partial charge on any atom is -0.490 e. The Balaban J connectivity index is 1.27. The van der Waals surface area contributed by atoms with Crippen LogP contribution in [0.5, 0.6) is 5.75 Å². The number of aliphatic hydroxyl groups is 1. The summed E-state index contributed by atoms with van der Waals surface area (Å²) in [5, 5.41) is 9.31. The average Bonchev–Trinajstić information content (AvgIpc) is 2.82. The molecule has 0 bridgehead atoms. The predicted molar refractivity (Wildman–Crippen MR) is 120 cm³/mol. The molecule has 166 valence electrons. The maximum Gasteiger partial charge on any atom is 0.254 e. The molecule has 0 radical (unpaired) electrons. The monoisotopic (exact) mass is 423 g/mol. The lowest BCUT2D eigenvalue weighted by Gasteiger charge is -2.35. The minimum atomic E-state index is 0.0625. The zero-order valence-corrected chi connectivity index (χ0v) is 18.2. The zero-order chi connectivity index (χ0) is 21.5. The highest BCUT2D eigenvalue weighted by atomic mass is 16.5. The van der Waals surface area contributed by atoms with Gasteiger partial charge in [0.25, 0.3) is 5.91 Å². The van der Waals surface area contributed by atoms with E-state index in [2.05, 4.69) is 16.0 Å². The molecular weight excluding hydrogens is 390 g/mol. The molecule has 1 N–H and O–H groups in total. The van der Waals surface area contributed by atoms with E-state index in [1.54, 1.807) is 0 Å². The lowest BCUT2D eigenvalue weighted by Crippen LogP contribution is -2.44. The largest absolute Gasteiger partial charge is 0.490 e. The van der Waals surface area contributed by atoms with E-state index in [1.165, 1.54) is 0 Å². The van der Waals surface area contributed by atoms with Gasteiger partial charge in [0.05, 0.1) is 5.69 Å². The van der Waals surface area contributed by atoms with Crippen molar-refractivity contribution < 1.29 is 14.6 Å². The number of likely N-dealkylation sites (tertiary alicyclic amines) is 2. The number of pyridine rings is 1. The molecule has 2 saturated heterocycles. The SMILES string of the molecule is O=C(c1ccc(OC2CCN(Cc3ccccn3)CC2)cc1)N1CCCC[C@@H]1CCO. The van der Waals surface area contributed by atoms with Crippen LogP contribution in [0.15, 0.2) is 48.7 Å². The van der Waals surface area contributed by atoms with Crippen LogP contribution in [0.3, 0.4) is 0 Å². The van der Waals surface area contributed by atoms with Gasteiger partial charge in [0, 0.05) is 50.6 Å². The number of carbonyl (C=O) groups excluding carboxylic acids is 1. The minimum absolute atomic E-state index is 0.0625. The van der Waals surface area contributed by atoms with Gasteiger partial charge in [0.1, 0.15) is 11.9 Å². The molecular formula is C25H33N3O3. The van der Waals surface area contributed by atoms with Gasteiger partial charge < -0.3 is 14.7 Å². The lowest BCUT2D eigenvalue weighted by molar-refractivity contribution is 0.0574. The summed E-state index contributed by atoms with van der Waals surface area (Å²) < 4.78 is 6.19. The van der Waals surface area contributed by atoms with Crippen molar-refractivity contribution in [1.82, 2.24) is 14.8 Å². The molecule has 2 aromatic rings. The molecule has 1 atom stereocenters. The van der Waals surface area contributed by atoms with Gasteiger partial charge in [-0.25, -0.2) is 0 Å². The van der Waals surface area contributed by atoms with Gasteiger partial charge >= 0.3 is 0 Å². The molecule has 6 heteroatoms. The summed E-state index contributed by atoms with van der Waals surface area (Å²) in [5.74, 6) is 0.887. The van der Waals surface area contributed by atoms with Crippen molar-refractivity contribution in [2.24, 2.45) is 0 Å². The van der Waals surface area contributed by atoms with Gasteiger partial charge in [-0.05, 0) is 74.9 Å². The number of aromatic nitrogens is 1. The Morgan fingerprint density at radius 1 is 1.03 bits per heavy atom. The first-order chi connectivity index (χ1) is 15.2. The third kappa shape index (κ3) is 5.83. The van der Waals surface area contributed by atoms with Gasteiger partial charge in [0.15, 0.2) is 0 Å². The fraction of sp³-hybridized carbons (Fsp3) is 0.520. The van der Waals surface area contributed by atoms with Crippen LogP contribution in [-0.4, -0.2) is 64.2 Å². The normalized spacial score (nSPS) is 20.5. The van der Waals surface area contributed by atoms with E-state index in [4.69, 9.17) is 4.74 Å². The molecule has 3 heterocycles. The Kier molecular flexibility index (Phi) is 7.54. The number of carbonyl (C=O) groups is 1. The van der Waals surface area contributed by atoms with E-state index in [0.29, 0.717) is 12.0 Å². The molecule has 2 fully saturated rings. The quantitative estimate of drug-likeness (QED) is 0.738. The fourth-order valence-electron chi connectivity index (χ4n) is 4.66. The molecule has 6 nitrogen and oxygen atoms in total. The second-order valence-corrected chi connectivity index (χ2v) is 8.60. The van der Waals surface area contributed by atoms with Crippen LogP contribution >= 0.6 is 0 Å². The van der Waals surface area contributed by atoms with Crippen molar-refractivity contribution in [3.8, 4) is 5.75 Å². The first kappa shape index (κ1) is 21.8. The van der Waals surface area contributed by atoms with Gasteiger partial charge in [-0.3, -0.25) is 14.7 Å². The number of hydrogen-bond donors (Lipinski definition) is 1. The lowest BCUT2D eigenvalue weighted by atomic mass is 9.98. The molecule has 0 unspecified atom stereocenters. The number of rotatable bonds is 7. The zero-order valence-electron chi connectivity index (χ0n) is 18.2. The summed E-state index contributed by atoms with van der Waals surface area (Å²) in [4.78, 5) is 21.7. The van der Waals surface area contributed by atoms with E-state index >= 15 is 0 Å². The summed E-state index contributed by atoms with van der Waals surface area (Å²) >= 11 is 0. The summed E-state index contributed by atoms with van der Waals surface area (Å²) in [7, 11) is 0. The van der Waals surface area contributed by atoms with Crippen LogP contribution < -0.4 is 4.74 Å². The summed E-state index contributed by atoms with van der Waals surface area (Å²) in [6.45, 7) is 3.79. The third-order valence-corrected chi connectivity index (χ3v) is 6.40. The second kappa shape index (κ2) is 10.7. The van der Waals surface area contributed by atoms with E-state index in [9.17, 15) is 9.90 Å². The summed E-state index contributed by atoms with van der Waals surface area (Å²) in [6.07, 6.45) is 7.83. The van der Waals surface area contributed by atoms with Crippen molar-refractivity contribution in [3.63, 3.8) is 0 Å². The van der Waals surface area contributed by atoms with Crippen molar-refractivity contribution in [3.05, 3.63) is 59.9 Å². The molecule has 0 spiro atoms. The van der Waals surface area contributed by atoms with Crippen molar-refractivity contribution in [2.75, 3.05) is 26.2 Å². The molecule has 1 aromatic heterocycles. The maximum absolute atomic E-state index is 13.0. The van der Waals surface area contributed by atoms with E-state index in [-0.39, 0.29) is 24.7 Å². The van der Waals surface area contributed by atoms with Crippen LogP contribution in [0.25, 0.3) is 0 Å². The number of ether oxygens (including phenoxy) is 1. The van der Waals surface area contributed by atoms with Gasteiger partial charge in [-0.2, -0.15) is 0 Å². The Morgan fingerprint density at radius 3 is 2.55 bits per heavy atom. The van der Waals surface area contributed by atoms with Crippen LogP contribution in [0.1, 0.15) is 54.6 Å². The number of aliphatic hydroxyl groups excluding tert-OH is 1. The number of nitrogens with zero attached hydrogens (tertiary/aromatic N) is 3. The summed E-state index contributed by atoms with van der Waals surface area (Å²) in [5.41, 5.74) is 1.81. The van der Waals surface area contributed by atoms with Gasteiger partial charge in [0.2, 0.25) is 0 Å². The van der Waals surface area contributed by atoms with Crippen molar-refractivity contribution >= 4 is 5.91 Å². The number of benzene rings is 1. The smallest absolute Gasteiger partial charge is 0.254 e. The first-order valence-electron chi connectivity index (χ1n) is 11.5. The highest BCUT2D eigenvalue weighted by Gasteiger charge is 2.27. The fourth-order valence-corrected chi connectivity index (χ4v) is 4.66. The molecule has 0 saturated carbocycles. The molecule has 0 aliphatic carbocycles. The van der Waals surface area contributed by atoms with Crippen LogP contribution in [-0.2, 0) is 6.54 Å². The maximum atomic E-state index is 13.0. The molecule has 1 amide bonds. The number of amides is 1. The number of piperidine rings is 2. The van der Waals surface area contributed by atoms with E-state index < -0.39 is 0 Å². The first-order valence-corrected chi connectivity index (χ1v) is 11.5. The second-order valence-electron chi connectivity index (χ2n) is 8.60. The molecule has 2 aliphatic heterocycles.